The predicted octanol–water partition coefficient (Wildman–Crippen LogP) is 4.81. The zero-order valence-corrected chi connectivity index (χ0v) is 20.6. The van der Waals surface area contributed by atoms with Gasteiger partial charge in [-0.2, -0.15) is 0 Å². The van der Waals surface area contributed by atoms with E-state index in [-0.39, 0.29) is 11.8 Å². The molecule has 0 saturated carbocycles. The molecule has 1 aliphatic heterocycles. The highest BCUT2D eigenvalue weighted by molar-refractivity contribution is 5.95. The van der Waals surface area contributed by atoms with Gasteiger partial charge in [0.15, 0.2) is 0 Å². The number of piperazine rings is 1. The summed E-state index contributed by atoms with van der Waals surface area (Å²) in [4.78, 5) is 37.6. The smallest absolute Gasteiger partial charge is 0.254 e. The van der Waals surface area contributed by atoms with Gasteiger partial charge >= 0.3 is 0 Å². The van der Waals surface area contributed by atoms with Gasteiger partial charge in [-0.1, -0.05) is 36.4 Å². The average molecular weight is 493 g/mol. The third kappa shape index (κ3) is 5.92. The first-order valence-corrected chi connectivity index (χ1v) is 12.2. The van der Waals surface area contributed by atoms with Crippen LogP contribution in [0.25, 0.3) is 11.3 Å². The first-order chi connectivity index (χ1) is 18.0. The molecule has 2 amide bonds. The molecule has 2 heterocycles. The maximum Gasteiger partial charge on any atom is 0.254 e. The van der Waals surface area contributed by atoms with E-state index in [4.69, 9.17) is 0 Å². The summed E-state index contributed by atoms with van der Waals surface area (Å²) in [5.41, 5.74) is 4.93. The molecule has 0 bridgehead atoms. The van der Waals surface area contributed by atoms with Crippen LogP contribution in [0.15, 0.2) is 91.1 Å². The van der Waals surface area contributed by atoms with Crippen molar-refractivity contribution in [3.63, 3.8) is 0 Å². The molecule has 3 aromatic carbocycles. The predicted molar refractivity (Wildman–Crippen MR) is 146 cm³/mol. The van der Waals surface area contributed by atoms with E-state index in [0.717, 1.165) is 35.7 Å². The molecule has 37 heavy (non-hydrogen) atoms. The summed E-state index contributed by atoms with van der Waals surface area (Å²) >= 11 is 0. The summed E-state index contributed by atoms with van der Waals surface area (Å²) in [6.45, 7) is 4.44. The number of hydrogen-bond acceptors (Lipinski definition) is 6. The Kier molecular flexibility index (Phi) is 7.07. The lowest BCUT2D eigenvalue weighted by Crippen LogP contribution is -2.48. The van der Waals surface area contributed by atoms with Crippen molar-refractivity contribution < 1.29 is 9.59 Å². The number of carbonyl (C=O) groups excluding carboxylic acids is 2. The number of rotatable bonds is 6. The van der Waals surface area contributed by atoms with E-state index in [1.165, 1.54) is 12.6 Å². The maximum absolute atomic E-state index is 13.2. The van der Waals surface area contributed by atoms with Crippen LogP contribution >= 0.6 is 0 Å². The van der Waals surface area contributed by atoms with Crippen molar-refractivity contribution >= 4 is 34.8 Å². The molecule has 1 fully saturated rings. The Balaban J connectivity index is 1.24. The molecule has 1 saturated heterocycles. The number of anilines is 4. The topological polar surface area (TPSA) is 90.5 Å². The molecule has 0 radical (unpaired) electrons. The molecule has 4 aromatic rings. The van der Waals surface area contributed by atoms with Crippen LogP contribution < -0.4 is 15.5 Å². The molecule has 0 spiro atoms. The van der Waals surface area contributed by atoms with Crippen LogP contribution in [0, 0.1) is 0 Å². The van der Waals surface area contributed by atoms with Crippen molar-refractivity contribution in [2.75, 3.05) is 41.7 Å². The first kappa shape index (κ1) is 24.0. The lowest BCUT2D eigenvalue weighted by atomic mass is 10.1. The zero-order valence-electron chi connectivity index (χ0n) is 20.6. The average Bonchev–Trinajstić information content (AvgIpc) is 2.94. The number of aromatic nitrogens is 2. The Hall–Kier alpha value is -4.72. The molecule has 0 atom stereocenters. The zero-order chi connectivity index (χ0) is 25.6. The normalized spacial score (nSPS) is 13.2. The van der Waals surface area contributed by atoms with Gasteiger partial charge in [-0.3, -0.25) is 9.59 Å². The van der Waals surface area contributed by atoms with Crippen molar-refractivity contribution in [3.8, 4) is 11.3 Å². The lowest BCUT2D eigenvalue weighted by molar-refractivity contribution is -0.114. The van der Waals surface area contributed by atoms with Gasteiger partial charge in [0.2, 0.25) is 11.9 Å². The van der Waals surface area contributed by atoms with Gasteiger partial charge in [0.05, 0.1) is 5.69 Å². The van der Waals surface area contributed by atoms with Crippen LogP contribution in [0.3, 0.4) is 0 Å². The van der Waals surface area contributed by atoms with Gasteiger partial charge in [0, 0.05) is 67.5 Å². The fourth-order valence-corrected chi connectivity index (χ4v) is 4.36. The summed E-state index contributed by atoms with van der Waals surface area (Å²) in [7, 11) is 0. The van der Waals surface area contributed by atoms with Crippen LogP contribution in [0.5, 0.6) is 0 Å². The monoisotopic (exact) mass is 492 g/mol. The fraction of sp³-hybridized carbons (Fsp3) is 0.172. The molecular weight excluding hydrogens is 464 g/mol. The number of carbonyl (C=O) groups is 2. The van der Waals surface area contributed by atoms with Crippen molar-refractivity contribution in [2.24, 2.45) is 0 Å². The number of benzene rings is 3. The molecule has 0 aliphatic carbocycles. The highest BCUT2D eigenvalue weighted by atomic mass is 16.2. The third-order valence-electron chi connectivity index (χ3n) is 6.21. The minimum atomic E-state index is -0.114. The second kappa shape index (κ2) is 10.9. The molecule has 1 aliphatic rings. The van der Waals surface area contributed by atoms with E-state index in [1.807, 2.05) is 77.7 Å². The minimum absolute atomic E-state index is 0.0188. The van der Waals surface area contributed by atoms with Crippen LogP contribution in [0.2, 0.25) is 0 Å². The van der Waals surface area contributed by atoms with E-state index < -0.39 is 0 Å². The lowest BCUT2D eigenvalue weighted by Gasteiger charge is -2.36. The molecule has 8 nitrogen and oxygen atoms in total. The van der Waals surface area contributed by atoms with E-state index in [9.17, 15) is 9.59 Å². The molecule has 8 heteroatoms. The quantitative estimate of drug-likeness (QED) is 0.402. The third-order valence-corrected chi connectivity index (χ3v) is 6.21. The van der Waals surface area contributed by atoms with E-state index >= 15 is 0 Å². The van der Waals surface area contributed by atoms with Gasteiger partial charge in [-0.05, 0) is 48.5 Å². The molecule has 5 rings (SSSR count). The minimum Gasteiger partial charge on any atom is -0.368 e. The van der Waals surface area contributed by atoms with Gasteiger partial charge in [0.25, 0.3) is 5.91 Å². The van der Waals surface area contributed by atoms with Gasteiger partial charge in [-0.15, -0.1) is 0 Å². The van der Waals surface area contributed by atoms with Crippen molar-refractivity contribution in [1.29, 1.82) is 0 Å². The maximum atomic E-state index is 13.2. The number of amides is 2. The van der Waals surface area contributed by atoms with Crippen LogP contribution in [0.1, 0.15) is 17.3 Å². The number of nitrogens with one attached hydrogen (secondary N) is 2. The molecule has 186 valence electrons. The van der Waals surface area contributed by atoms with E-state index in [0.29, 0.717) is 24.6 Å². The summed E-state index contributed by atoms with van der Waals surface area (Å²) in [6, 6.07) is 27.0. The van der Waals surface area contributed by atoms with Crippen LogP contribution in [0.4, 0.5) is 23.0 Å². The number of para-hydroxylation sites is 1. The second-order valence-electron chi connectivity index (χ2n) is 8.84. The SMILES string of the molecule is CC(=O)Nc1ccc(-c2ccnc(Nc3cccc(C(=O)N4CCN(c5ccccc5)CC4)c3)n2)cc1. The summed E-state index contributed by atoms with van der Waals surface area (Å²) in [5.74, 6) is 0.339. The summed E-state index contributed by atoms with van der Waals surface area (Å²) in [5, 5.41) is 5.98. The highest BCUT2D eigenvalue weighted by Gasteiger charge is 2.22. The Labute approximate surface area is 216 Å². The number of nitrogens with zero attached hydrogens (tertiary/aromatic N) is 4. The van der Waals surface area contributed by atoms with Crippen LogP contribution in [-0.2, 0) is 4.79 Å². The Bertz CT molecular complexity index is 1380. The summed E-state index contributed by atoms with van der Waals surface area (Å²) in [6.07, 6.45) is 1.69. The Morgan fingerprint density at radius 3 is 2.30 bits per heavy atom. The van der Waals surface area contributed by atoms with Crippen LogP contribution in [-0.4, -0.2) is 52.9 Å². The Morgan fingerprint density at radius 2 is 1.57 bits per heavy atom. The second-order valence-corrected chi connectivity index (χ2v) is 8.84. The summed E-state index contributed by atoms with van der Waals surface area (Å²) < 4.78 is 0. The van der Waals surface area contributed by atoms with Crippen molar-refractivity contribution in [1.82, 2.24) is 14.9 Å². The standard InChI is InChI=1S/C29H28N6O2/c1-21(36)31-24-12-10-22(11-13-24)27-14-15-30-29(33-27)32-25-7-5-6-23(20-25)28(37)35-18-16-34(17-19-35)26-8-3-2-4-9-26/h2-15,20H,16-19H2,1H3,(H,31,36)(H,30,32,33). The van der Waals surface area contributed by atoms with E-state index in [2.05, 4.69) is 37.6 Å². The number of hydrogen-bond donors (Lipinski definition) is 2. The first-order valence-electron chi connectivity index (χ1n) is 12.2. The van der Waals surface area contributed by atoms with Gasteiger partial charge in [0.1, 0.15) is 0 Å². The molecule has 0 unspecified atom stereocenters. The van der Waals surface area contributed by atoms with E-state index in [1.54, 1.807) is 6.20 Å². The van der Waals surface area contributed by atoms with Crippen molar-refractivity contribution in [2.45, 2.75) is 6.92 Å². The highest BCUT2D eigenvalue weighted by Crippen LogP contribution is 2.23. The molecule has 2 N–H and O–H groups in total. The fourth-order valence-electron chi connectivity index (χ4n) is 4.36. The van der Waals surface area contributed by atoms with Gasteiger partial charge < -0.3 is 20.4 Å². The molecular formula is C29H28N6O2. The van der Waals surface area contributed by atoms with Gasteiger partial charge in [-0.25, -0.2) is 9.97 Å². The molecule has 1 aromatic heterocycles. The Morgan fingerprint density at radius 1 is 0.811 bits per heavy atom. The van der Waals surface area contributed by atoms with Crippen molar-refractivity contribution in [3.05, 3.63) is 96.7 Å². The largest absolute Gasteiger partial charge is 0.368 e.